The standard InChI is InChI=1S/C14H9BrCl2N2O2/c15-10-4-9-11(19-14(20)13(9)18)5-12(10)21-8-2-6(16)1-7(17)3-8/h1-5,13H,18H2,(H,19,20). The summed E-state index contributed by atoms with van der Waals surface area (Å²) in [6, 6.07) is 7.73. The molecule has 21 heavy (non-hydrogen) atoms. The molecule has 0 aliphatic carbocycles. The summed E-state index contributed by atoms with van der Waals surface area (Å²) in [5.74, 6) is 0.795. The predicted octanol–water partition coefficient (Wildman–Crippen LogP) is 4.50. The fourth-order valence-corrected chi connectivity index (χ4v) is 3.03. The second kappa shape index (κ2) is 5.50. The molecule has 1 atom stereocenters. The number of amides is 1. The van der Waals surface area contributed by atoms with Gasteiger partial charge in [-0.2, -0.15) is 0 Å². The van der Waals surface area contributed by atoms with Gasteiger partial charge in [0, 0.05) is 27.4 Å². The van der Waals surface area contributed by atoms with E-state index in [9.17, 15) is 4.79 Å². The van der Waals surface area contributed by atoms with Crippen LogP contribution >= 0.6 is 39.1 Å². The average Bonchev–Trinajstić information content (AvgIpc) is 2.65. The van der Waals surface area contributed by atoms with Crippen molar-refractivity contribution in [1.82, 2.24) is 0 Å². The summed E-state index contributed by atoms with van der Waals surface area (Å²) in [6.45, 7) is 0. The molecule has 3 N–H and O–H groups in total. The lowest BCUT2D eigenvalue weighted by Gasteiger charge is -2.11. The van der Waals surface area contributed by atoms with E-state index in [0.717, 1.165) is 5.56 Å². The SMILES string of the molecule is NC1C(=O)Nc2cc(Oc3cc(Cl)cc(Cl)c3)c(Br)cc21. The van der Waals surface area contributed by atoms with Gasteiger partial charge in [0.2, 0.25) is 5.91 Å². The molecule has 4 nitrogen and oxygen atoms in total. The molecule has 1 heterocycles. The van der Waals surface area contributed by atoms with Crippen LogP contribution in [0, 0.1) is 0 Å². The Labute approximate surface area is 139 Å². The maximum Gasteiger partial charge on any atom is 0.245 e. The maximum absolute atomic E-state index is 11.6. The van der Waals surface area contributed by atoms with Crippen molar-refractivity contribution in [2.45, 2.75) is 6.04 Å². The van der Waals surface area contributed by atoms with Gasteiger partial charge in [0.05, 0.1) is 4.47 Å². The molecule has 0 fully saturated rings. The van der Waals surface area contributed by atoms with Crippen molar-refractivity contribution in [3.63, 3.8) is 0 Å². The van der Waals surface area contributed by atoms with Crippen molar-refractivity contribution >= 4 is 50.7 Å². The Kier molecular flexibility index (Phi) is 3.84. The highest BCUT2D eigenvalue weighted by Gasteiger charge is 2.28. The number of benzene rings is 2. The minimum absolute atomic E-state index is 0.236. The monoisotopic (exact) mass is 386 g/mol. The van der Waals surface area contributed by atoms with Gasteiger partial charge in [0.15, 0.2) is 0 Å². The average molecular weight is 388 g/mol. The summed E-state index contributed by atoms with van der Waals surface area (Å²) in [5.41, 5.74) is 7.16. The first kappa shape index (κ1) is 14.7. The Bertz CT molecular complexity index is 732. The van der Waals surface area contributed by atoms with Crippen LogP contribution < -0.4 is 15.8 Å². The minimum atomic E-state index is -0.661. The highest BCUT2D eigenvalue weighted by molar-refractivity contribution is 9.10. The van der Waals surface area contributed by atoms with Gasteiger partial charge in [0.1, 0.15) is 17.5 Å². The van der Waals surface area contributed by atoms with Crippen LogP contribution in [0.4, 0.5) is 5.69 Å². The van der Waals surface area contributed by atoms with Crippen molar-refractivity contribution in [2.75, 3.05) is 5.32 Å². The molecule has 0 spiro atoms. The zero-order valence-electron chi connectivity index (χ0n) is 10.5. The van der Waals surface area contributed by atoms with Gasteiger partial charge in [0.25, 0.3) is 0 Å². The Morgan fingerprint density at radius 1 is 1.14 bits per heavy atom. The third-order valence-corrected chi connectivity index (χ3v) is 4.10. The predicted molar refractivity (Wildman–Crippen MR) is 86.2 cm³/mol. The number of nitrogens with two attached hydrogens (primary N) is 1. The lowest BCUT2D eigenvalue weighted by Crippen LogP contribution is -2.19. The summed E-state index contributed by atoms with van der Waals surface area (Å²) in [5, 5.41) is 3.66. The van der Waals surface area contributed by atoms with E-state index >= 15 is 0 Å². The molecule has 1 aliphatic rings. The fourth-order valence-electron chi connectivity index (χ4n) is 2.08. The lowest BCUT2D eigenvalue weighted by molar-refractivity contribution is -0.116. The molecule has 108 valence electrons. The van der Waals surface area contributed by atoms with Crippen LogP contribution in [-0.4, -0.2) is 5.91 Å². The number of rotatable bonds is 2. The normalized spacial score (nSPS) is 16.6. The molecule has 3 rings (SSSR count). The maximum atomic E-state index is 11.6. The topological polar surface area (TPSA) is 64.4 Å². The Morgan fingerprint density at radius 2 is 1.81 bits per heavy atom. The highest BCUT2D eigenvalue weighted by atomic mass is 79.9. The van der Waals surface area contributed by atoms with Crippen LogP contribution in [-0.2, 0) is 4.79 Å². The fraction of sp³-hybridized carbons (Fsp3) is 0.0714. The molecule has 1 aliphatic heterocycles. The molecule has 1 amide bonds. The Balaban J connectivity index is 1.97. The third kappa shape index (κ3) is 2.87. The van der Waals surface area contributed by atoms with E-state index in [1.807, 2.05) is 0 Å². The van der Waals surface area contributed by atoms with Crippen molar-refractivity contribution in [2.24, 2.45) is 5.73 Å². The third-order valence-electron chi connectivity index (χ3n) is 3.04. The molecule has 2 aromatic carbocycles. The van der Waals surface area contributed by atoms with Crippen LogP contribution in [0.25, 0.3) is 0 Å². The zero-order valence-corrected chi connectivity index (χ0v) is 13.6. The number of ether oxygens (including phenoxy) is 1. The Morgan fingerprint density at radius 3 is 2.48 bits per heavy atom. The van der Waals surface area contributed by atoms with Gasteiger partial charge in [-0.25, -0.2) is 0 Å². The molecule has 7 heteroatoms. The van der Waals surface area contributed by atoms with Crippen LogP contribution in [0.2, 0.25) is 10.0 Å². The number of nitrogens with one attached hydrogen (secondary N) is 1. The van der Waals surface area contributed by atoms with Crippen LogP contribution in [0.3, 0.4) is 0 Å². The second-order valence-corrected chi connectivity index (χ2v) is 6.27. The van der Waals surface area contributed by atoms with E-state index < -0.39 is 6.04 Å². The number of hydrogen-bond donors (Lipinski definition) is 2. The van der Waals surface area contributed by atoms with E-state index in [1.165, 1.54) is 0 Å². The zero-order chi connectivity index (χ0) is 15.1. The van der Waals surface area contributed by atoms with Crippen molar-refractivity contribution in [3.05, 3.63) is 50.4 Å². The molecule has 1 unspecified atom stereocenters. The first-order chi connectivity index (χ1) is 9.94. The first-order valence-corrected chi connectivity index (χ1v) is 7.53. The van der Waals surface area contributed by atoms with Crippen molar-refractivity contribution < 1.29 is 9.53 Å². The Hall–Kier alpha value is -1.27. The van der Waals surface area contributed by atoms with Crippen LogP contribution in [0.15, 0.2) is 34.8 Å². The van der Waals surface area contributed by atoms with E-state index in [4.69, 9.17) is 33.7 Å². The van der Waals surface area contributed by atoms with Gasteiger partial charge in [-0.3, -0.25) is 4.79 Å². The summed E-state index contributed by atoms with van der Waals surface area (Å²) < 4.78 is 6.44. The van der Waals surface area contributed by atoms with Crippen LogP contribution in [0.5, 0.6) is 11.5 Å². The van der Waals surface area contributed by atoms with Crippen molar-refractivity contribution in [1.29, 1.82) is 0 Å². The number of carbonyl (C=O) groups excluding carboxylic acids is 1. The van der Waals surface area contributed by atoms with Gasteiger partial charge >= 0.3 is 0 Å². The van der Waals surface area contributed by atoms with Gasteiger partial charge in [-0.05, 0) is 40.2 Å². The van der Waals surface area contributed by atoms with Gasteiger partial charge in [-0.15, -0.1) is 0 Å². The first-order valence-electron chi connectivity index (χ1n) is 5.98. The smallest absolute Gasteiger partial charge is 0.245 e. The second-order valence-electron chi connectivity index (χ2n) is 4.54. The minimum Gasteiger partial charge on any atom is -0.456 e. The van der Waals surface area contributed by atoms with E-state index in [1.54, 1.807) is 30.3 Å². The molecular weight excluding hydrogens is 379 g/mol. The number of fused-ring (bicyclic) bond motifs is 1. The molecule has 0 saturated heterocycles. The van der Waals surface area contributed by atoms with E-state index in [2.05, 4.69) is 21.2 Å². The molecule has 0 aromatic heterocycles. The van der Waals surface area contributed by atoms with Gasteiger partial charge < -0.3 is 15.8 Å². The van der Waals surface area contributed by atoms with Crippen LogP contribution in [0.1, 0.15) is 11.6 Å². The molecule has 0 bridgehead atoms. The molecule has 2 aromatic rings. The largest absolute Gasteiger partial charge is 0.456 e. The summed E-state index contributed by atoms with van der Waals surface area (Å²) in [4.78, 5) is 11.6. The number of halogens is 3. The van der Waals surface area contributed by atoms with E-state index in [-0.39, 0.29) is 5.91 Å². The molecular formula is C14H9BrCl2N2O2. The summed E-state index contributed by atoms with van der Waals surface area (Å²) >= 11 is 15.3. The molecule has 0 saturated carbocycles. The highest BCUT2D eigenvalue weighted by Crippen LogP contribution is 2.40. The molecule has 0 radical (unpaired) electrons. The van der Waals surface area contributed by atoms with E-state index in [0.29, 0.717) is 31.7 Å². The summed E-state index contributed by atoms with van der Waals surface area (Å²) in [6.07, 6.45) is 0. The number of anilines is 1. The lowest BCUT2D eigenvalue weighted by atomic mass is 10.1. The number of hydrogen-bond acceptors (Lipinski definition) is 3. The van der Waals surface area contributed by atoms with Crippen molar-refractivity contribution in [3.8, 4) is 11.5 Å². The van der Waals surface area contributed by atoms with Gasteiger partial charge in [-0.1, -0.05) is 23.2 Å². The quantitative estimate of drug-likeness (QED) is 0.797. The number of carbonyl (C=O) groups is 1. The summed E-state index contributed by atoms with van der Waals surface area (Å²) in [7, 11) is 0.